The molecule has 0 N–H and O–H groups in total. The Kier molecular flexibility index (Phi) is 5.37. The number of hydrogen-bond donors (Lipinski definition) is 0. The Labute approximate surface area is 273 Å². The summed E-state index contributed by atoms with van der Waals surface area (Å²) >= 11 is 0. The van der Waals surface area contributed by atoms with E-state index in [1.807, 2.05) is 0 Å². The van der Waals surface area contributed by atoms with Gasteiger partial charge in [0.25, 0.3) is 0 Å². The van der Waals surface area contributed by atoms with Crippen LogP contribution in [0.1, 0.15) is 25.0 Å². The third-order valence-electron chi connectivity index (χ3n) is 10.5. The van der Waals surface area contributed by atoms with Crippen LogP contribution < -0.4 is 0 Å². The zero-order chi connectivity index (χ0) is 31.3. The molecule has 0 atom stereocenters. The normalized spacial score (nSPS) is 13.5. The second-order valence-electron chi connectivity index (χ2n) is 13.3. The average molecular weight is 601 g/mol. The fourth-order valence-corrected chi connectivity index (χ4v) is 8.49. The molecule has 0 bridgehead atoms. The highest BCUT2D eigenvalue weighted by Gasteiger charge is 2.41. The summed E-state index contributed by atoms with van der Waals surface area (Å²) in [5.74, 6) is 0. The van der Waals surface area contributed by atoms with Crippen LogP contribution in [-0.4, -0.2) is 9.13 Å². The third kappa shape index (κ3) is 3.50. The standard InChI is InChI=1S/C45H32N2/c1-45(2)36-22-12-9-19-33(36)41-42(45)44-40(39-34-20-10-13-23-37(34)46(43(39)41)31-17-7-4-8-18-31)35-21-11-14-24-38(35)47(44)32-27-25-30(26-28-32)29-15-5-3-6-16-29/h3-28H,1-2H3. The molecule has 2 heterocycles. The maximum Gasteiger partial charge on any atom is 0.0630 e. The maximum atomic E-state index is 2.54. The summed E-state index contributed by atoms with van der Waals surface area (Å²) in [5.41, 5.74) is 15.1. The van der Waals surface area contributed by atoms with E-state index < -0.39 is 0 Å². The molecule has 0 saturated heterocycles. The lowest BCUT2D eigenvalue weighted by Gasteiger charge is -2.24. The van der Waals surface area contributed by atoms with Crippen molar-refractivity contribution >= 4 is 43.6 Å². The van der Waals surface area contributed by atoms with E-state index in [4.69, 9.17) is 0 Å². The summed E-state index contributed by atoms with van der Waals surface area (Å²) < 4.78 is 5.06. The second kappa shape index (κ2) is 9.57. The molecular weight excluding hydrogens is 569 g/mol. The van der Waals surface area contributed by atoms with E-state index in [-0.39, 0.29) is 5.41 Å². The van der Waals surface area contributed by atoms with E-state index in [0.29, 0.717) is 0 Å². The molecule has 2 aromatic heterocycles. The highest BCUT2D eigenvalue weighted by Crippen LogP contribution is 2.58. The Hall–Kier alpha value is -5.86. The monoisotopic (exact) mass is 600 g/mol. The zero-order valence-corrected chi connectivity index (χ0v) is 26.4. The van der Waals surface area contributed by atoms with Crippen LogP contribution in [0.25, 0.3) is 77.2 Å². The predicted molar refractivity (Wildman–Crippen MR) is 198 cm³/mol. The lowest BCUT2D eigenvalue weighted by molar-refractivity contribution is 0.664. The summed E-state index contributed by atoms with van der Waals surface area (Å²) in [4.78, 5) is 0. The lowest BCUT2D eigenvalue weighted by Crippen LogP contribution is -2.16. The number of rotatable bonds is 3. The van der Waals surface area contributed by atoms with Crippen LogP contribution in [0.4, 0.5) is 0 Å². The predicted octanol–water partition coefficient (Wildman–Crippen LogP) is 11.9. The SMILES string of the molecule is CC1(C)c2ccccc2-c2c1c1c(c3ccccc3n1-c1ccc(-c3ccccc3)cc1)c1c3ccccc3n(-c3ccccc3)c21. The van der Waals surface area contributed by atoms with Gasteiger partial charge in [0.15, 0.2) is 0 Å². The molecule has 0 spiro atoms. The van der Waals surface area contributed by atoms with E-state index in [9.17, 15) is 0 Å². The molecule has 0 saturated carbocycles. The van der Waals surface area contributed by atoms with E-state index in [0.717, 1.165) is 0 Å². The molecule has 222 valence electrons. The van der Waals surface area contributed by atoms with Crippen LogP contribution in [0, 0.1) is 0 Å². The first kappa shape index (κ1) is 26.4. The van der Waals surface area contributed by atoms with Crippen LogP contribution in [0.5, 0.6) is 0 Å². The number of para-hydroxylation sites is 3. The van der Waals surface area contributed by atoms with Gasteiger partial charge < -0.3 is 9.13 Å². The van der Waals surface area contributed by atoms with Crippen LogP contribution in [0.3, 0.4) is 0 Å². The first-order valence-corrected chi connectivity index (χ1v) is 16.5. The van der Waals surface area contributed by atoms with Crippen LogP contribution >= 0.6 is 0 Å². The van der Waals surface area contributed by atoms with E-state index in [1.165, 1.54) is 88.4 Å². The Morgan fingerprint density at radius 1 is 0.426 bits per heavy atom. The van der Waals surface area contributed by atoms with Gasteiger partial charge in [0, 0.05) is 43.9 Å². The van der Waals surface area contributed by atoms with Gasteiger partial charge >= 0.3 is 0 Å². The van der Waals surface area contributed by atoms with Gasteiger partial charge in [-0.25, -0.2) is 0 Å². The molecule has 9 aromatic rings. The zero-order valence-electron chi connectivity index (χ0n) is 26.4. The average Bonchev–Trinajstić information content (AvgIpc) is 3.73. The van der Waals surface area contributed by atoms with Crippen molar-refractivity contribution in [1.82, 2.24) is 9.13 Å². The van der Waals surface area contributed by atoms with E-state index in [1.54, 1.807) is 0 Å². The van der Waals surface area contributed by atoms with Gasteiger partial charge in [-0.2, -0.15) is 0 Å². The third-order valence-corrected chi connectivity index (χ3v) is 10.5. The summed E-state index contributed by atoms with van der Waals surface area (Å²) in [6.07, 6.45) is 0. The number of benzene rings is 7. The molecule has 0 aliphatic heterocycles. The molecule has 10 rings (SSSR count). The fraction of sp³-hybridized carbons (Fsp3) is 0.0667. The molecule has 7 aromatic carbocycles. The van der Waals surface area contributed by atoms with Crippen molar-refractivity contribution < 1.29 is 0 Å². The van der Waals surface area contributed by atoms with Crippen molar-refractivity contribution in [3.8, 4) is 33.6 Å². The van der Waals surface area contributed by atoms with Crippen molar-refractivity contribution in [2.24, 2.45) is 0 Å². The molecule has 2 nitrogen and oxygen atoms in total. The highest BCUT2D eigenvalue weighted by molar-refractivity contribution is 6.33. The van der Waals surface area contributed by atoms with Gasteiger partial charge in [0.2, 0.25) is 0 Å². The highest BCUT2D eigenvalue weighted by atomic mass is 15.0. The minimum atomic E-state index is -0.216. The molecule has 1 aliphatic carbocycles. The smallest absolute Gasteiger partial charge is 0.0630 e. The van der Waals surface area contributed by atoms with E-state index in [2.05, 4.69) is 181 Å². The maximum absolute atomic E-state index is 2.54. The van der Waals surface area contributed by atoms with Gasteiger partial charge in [0.1, 0.15) is 0 Å². The largest absolute Gasteiger partial charge is 0.309 e. The first-order chi connectivity index (χ1) is 23.1. The number of aromatic nitrogens is 2. The molecule has 0 fully saturated rings. The molecule has 2 heteroatoms. The first-order valence-electron chi connectivity index (χ1n) is 16.5. The Morgan fingerprint density at radius 2 is 0.915 bits per heavy atom. The van der Waals surface area contributed by atoms with Crippen LogP contribution in [-0.2, 0) is 5.41 Å². The van der Waals surface area contributed by atoms with Gasteiger partial charge in [-0.1, -0.05) is 135 Å². The van der Waals surface area contributed by atoms with Gasteiger partial charge in [-0.15, -0.1) is 0 Å². The lowest BCUT2D eigenvalue weighted by atomic mass is 9.81. The van der Waals surface area contributed by atoms with E-state index >= 15 is 0 Å². The number of hydrogen-bond acceptors (Lipinski definition) is 0. The summed E-state index contributed by atoms with van der Waals surface area (Å²) in [7, 11) is 0. The fourth-order valence-electron chi connectivity index (χ4n) is 8.49. The van der Waals surface area contributed by atoms with Crippen molar-refractivity contribution in [1.29, 1.82) is 0 Å². The van der Waals surface area contributed by atoms with Gasteiger partial charge in [-0.05, 0) is 64.2 Å². The molecule has 0 amide bonds. The Bertz CT molecular complexity index is 2670. The summed E-state index contributed by atoms with van der Waals surface area (Å²) in [6.45, 7) is 4.83. The Morgan fingerprint density at radius 3 is 1.60 bits per heavy atom. The van der Waals surface area contributed by atoms with Crippen molar-refractivity contribution in [2.45, 2.75) is 19.3 Å². The minimum Gasteiger partial charge on any atom is -0.309 e. The quantitative estimate of drug-likeness (QED) is 0.191. The summed E-state index contributed by atoms with van der Waals surface area (Å²) in [5, 5.41) is 5.21. The van der Waals surface area contributed by atoms with Gasteiger partial charge in [0.05, 0.1) is 22.1 Å². The van der Waals surface area contributed by atoms with Crippen LogP contribution in [0.15, 0.2) is 158 Å². The Balaban J connectivity index is 1.45. The molecule has 1 aliphatic rings. The van der Waals surface area contributed by atoms with Gasteiger partial charge in [-0.3, -0.25) is 0 Å². The number of nitrogens with zero attached hydrogens (tertiary/aromatic N) is 2. The van der Waals surface area contributed by atoms with Crippen molar-refractivity contribution in [2.75, 3.05) is 0 Å². The summed E-state index contributed by atoms with van der Waals surface area (Å²) in [6, 6.07) is 57.7. The topological polar surface area (TPSA) is 9.86 Å². The molecule has 0 unspecified atom stereocenters. The van der Waals surface area contributed by atoms with Crippen LogP contribution in [0.2, 0.25) is 0 Å². The molecule has 0 radical (unpaired) electrons. The van der Waals surface area contributed by atoms with Crippen molar-refractivity contribution in [3.63, 3.8) is 0 Å². The minimum absolute atomic E-state index is 0.216. The number of fused-ring (bicyclic) bond motifs is 12. The van der Waals surface area contributed by atoms with Crippen molar-refractivity contribution in [3.05, 3.63) is 169 Å². The molecule has 47 heavy (non-hydrogen) atoms. The second-order valence-corrected chi connectivity index (χ2v) is 13.3. The molecular formula is C45H32N2.